The summed E-state index contributed by atoms with van der Waals surface area (Å²) in [5.74, 6) is 0. The van der Waals surface area contributed by atoms with Gasteiger partial charge >= 0.3 is 0 Å². The van der Waals surface area contributed by atoms with Crippen molar-refractivity contribution in [2.45, 2.75) is 0 Å². The topological polar surface area (TPSA) is 44.3 Å². The average Bonchev–Trinajstić information content (AvgIpc) is 2.88. The van der Waals surface area contributed by atoms with Crippen LogP contribution in [0.2, 0.25) is 0 Å². The predicted molar refractivity (Wildman–Crippen MR) is 56.8 cm³/mol. The summed E-state index contributed by atoms with van der Waals surface area (Å²) in [6.45, 7) is 1.85. The van der Waals surface area contributed by atoms with Crippen molar-refractivity contribution in [2.24, 2.45) is 4.99 Å². The number of hydrogen-bond donors (Lipinski definition) is 1. The van der Waals surface area contributed by atoms with Gasteiger partial charge in [0.15, 0.2) is 0 Å². The summed E-state index contributed by atoms with van der Waals surface area (Å²) in [4.78, 5) is 13.7. The van der Waals surface area contributed by atoms with Gasteiger partial charge in [0.1, 0.15) is 5.65 Å². The monoisotopic (exact) mass is 186 g/mol. The van der Waals surface area contributed by atoms with Gasteiger partial charge in [0.05, 0.1) is 18.6 Å². The summed E-state index contributed by atoms with van der Waals surface area (Å²) in [5.41, 5.74) is 2.11. The molecule has 3 rings (SSSR count). The molecule has 0 spiro atoms. The van der Waals surface area contributed by atoms with Gasteiger partial charge in [-0.05, 0) is 12.1 Å². The fourth-order valence-electron chi connectivity index (χ4n) is 1.76. The van der Waals surface area contributed by atoms with Crippen molar-refractivity contribution >= 4 is 23.1 Å². The second-order valence-corrected chi connectivity index (χ2v) is 3.29. The fourth-order valence-corrected chi connectivity index (χ4v) is 1.76. The van der Waals surface area contributed by atoms with Gasteiger partial charge in [0.2, 0.25) is 0 Å². The van der Waals surface area contributed by atoms with Crippen molar-refractivity contribution in [2.75, 3.05) is 18.0 Å². The molecule has 0 radical (unpaired) electrons. The molecule has 0 fully saturated rings. The quantitative estimate of drug-likeness (QED) is 0.731. The molecule has 70 valence electrons. The Kier molecular flexibility index (Phi) is 1.53. The highest BCUT2D eigenvalue weighted by atomic mass is 15.2. The molecular formula is C10H10N4. The Balaban J connectivity index is 2.19. The molecule has 0 atom stereocenters. The van der Waals surface area contributed by atoms with Gasteiger partial charge in [-0.15, -0.1) is 0 Å². The standard InChI is InChI=1S/C10H10N4/c1-3-12-10-8(1)9(2-4-13-10)14-6-5-11-7-14/h1-4,7H,5-6H2,(H,12,13). The van der Waals surface area contributed by atoms with E-state index in [0.29, 0.717) is 0 Å². The predicted octanol–water partition coefficient (Wildman–Crippen LogP) is 1.41. The maximum Gasteiger partial charge on any atom is 0.139 e. The van der Waals surface area contributed by atoms with Crippen molar-refractivity contribution in [1.82, 2.24) is 9.97 Å². The van der Waals surface area contributed by atoms with E-state index < -0.39 is 0 Å². The number of hydrogen-bond acceptors (Lipinski definition) is 3. The fraction of sp³-hybridized carbons (Fsp3) is 0.200. The number of fused-ring (bicyclic) bond motifs is 1. The van der Waals surface area contributed by atoms with Crippen molar-refractivity contribution in [3.8, 4) is 0 Å². The maximum absolute atomic E-state index is 4.25. The van der Waals surface area contributed by atoms with Gasteiger partial charge in [-0.25, -0.2) is 4.98 Å². The zero-order valence-corrected chi connectivity index (χ0v) is 7.64. The number of H-pyrrole nitrogens is 1. The number of aliphatic imine (C=N–C) groups is 1. The lowest BCUT2D eigenvalue weighted by Gasteiger charge is -2.14. The highest BCUT2D eigenvalue weighted by molar-refractivity contribution is 5.96. The summed E-state index contributed by atoms with van der Waals surface area (Å²) in [7, 11) is 0. The number of nitrogens with zero attached hydrogens (tertiary/aromatic N) is 3. The average molecular weight is 186 g/mol. The zero-order chi connectivity index (χ0) is 9.38. The molecule has 0 amide bonds. The summed E-state index contributed by atoms with van der Waals surface area (Å²) < 4.78 is 0. The van der Waals surface area contributed by atoms with Crippen LogP contribution in [-0.4, -0.2) is 29.4 Å². The molecule has 0 bridgehead atoms. The van der Waals surface area contributed by atoms with Crippen LogP contribution in [0.25, 0.3) is 11.0 Å². The van der Waals surface area contributed by atoms with E-state index in [-0.39, 0.29) is 0 Å². The number of pyridine rings is 1. The van der Waals surface area contributed by atoms with Crippen LogP contribution in [0.5, 0.6) is 0 Å². The SMILES string of the molecule is C1=NCCN1c1ccnc2[nH]ccc12. The molecular weight excluding hydrogens is 176 g/mol. The van der Waals surface area contributed by atoms with Gasteiger partial charge in [-0.1, -0.05) is 0 Å². The summed E-state index contributed by atoms with van der Waals surface area (Å²) in [6, 6.07) is 4.07. The number of aromatic nitrogens is 2. The van der Waals surface area contributed by atoms with Crippen LogP contribution in [0.3, 0.4) is 0 Å². The van der Waals surface area contributed by atoms with Gasteiger partial charge in [-0.2, -0.15) is 0 Å². The van der Waals surface area contributed by atoms with E-state index in [1.165, 1.54) is 5.69 Å². The number of nitrogens with one attached hydrogen (secondary N) is 1. The van der Waals surface area contributed by atoms with Gasteiger partial charge in [0.25, 0.3) is 0 Å². The molecule has 4 nitrogen and oxygen atoms in total. The Hall–Kier alpha value is -1.84. The lowest BCUT2D eigenvalue weighted by atomic mass is 10.2. The molecule has 0 unspecified atom stereocenters. The third kappa shape index (κ3) is 1.00. The molecule has 0 saturated carbocycles. The van der Waals surface area contributed by atoms with E-state index in [1.807, 2.05) is 30.9 Å². The first-order valence-electron chi connectivity index (χ1n) is 4.64. The Morgan fingerprint density at radius 3 is 3.21 bits per heavy atom. The van der Waals surface area contributed by atoms with Crippen LogP contribution < -0.4 is 4.90 Å². The number of anilines is 1. The zero-order valence-electron chi connectivity index (χ0n) is 7.64. The number of aromatic amines is 1. The first kappa shape index (κ1) is 7.55. The third-order valence-electron chi connectivity index (χ3n) is 2.44. The molecule has 0 aliphatic carbocycles. The minimum atomic E-state index is 0.883. The lowest BCUT2D eigenvalue weighted by Crippen LogP contribution is -2.18. The van der Waals surface area contributed by atoms with Crippen LogP contribution in [0, 0.1) is 0 Å². The lowest BCUT2D eigenvalue weighted by molar-refractivity contribution is 1.03. The summed E-state index contributed by atoms with van der Waals surface area (Å²) >= 11 is 0. The van der Waals surface area contributed by atoms with Crippen LogP contribution in [0.1, 0.15) is 0 Å². The minimum absolute atomic E-state index is 0.883. The Morgan fingerprint density at radius 1 is 1.36 bits per heavy atom. The molecule has 2 aromatic rings. The minimum Gasteiger partial charge on any atom is -0.346 e. The Bertz CT molecular complexity index is 486. The van der Waals surface area contributed by atoms with Crippen molar-refractivity contribution < 1.29 is 0 Å². The molecule has 1 N–H and O–H groups in total. The second-order valence-electron chi connectivity index (χ2n) is 3.29. The molecule has 2 aromatic heterocycles. The first-order chi connectivity index (χ1) is 6.95. The summed E-state index contributed by atoms with van der Waals surface area (Å²) in [5, 5.41) is 1.15. The van der Waals surface area contributed by atoms with E-state index in [0.717, 1.165) is 24.1 Å². The van der Waals surface area contributed by atoms with Crippen LogP contribution in [0.4, 0.5) is 5.69 Å². The van der Waals surface area contributed by atoms with E-state index in [1.54, 1.807) is 0 Å². The summed E-state index contributed by atoms with van der Waals surface area (Å²) in [6.07, 6.45) is 5.62. The number of rotatable bonds is 1. The van der Waals surface area contributed by atoms with Crippen LogP contribution in [-0.2, 0) is 0 Å². The highest BCUT2D eigenvalue weighted by Gasteiger charge is 2.11. The van der Waals surface area contributed by atoms with Crippen LogP contribution >= 0.6 is 0 Å². The largest absolute Gasteiger partial charge is 0.346 e. The van der Waals surface area contributed by atoms with E-state index >= 15 is 0 Å². The molecule has 3 heterocycles. The van der Waals surface area contributed by atoms with Crippen molar-refractivity contribution in [1.29, 1.82) is 0 Å². The molecule has 0 aromatic carbocycles. The van der Waals surface area contributed by atoms with E-state index in [4.69, 9.17) is 0 Å². The smallest absolute Gasteiger partial charge is 0.139 e. The van der Waals surface area contributed by atoms with Gasteiger partial charge in [0, 0.05) is 24.3 Å². The van der Waals surface area contributed by atoms with Gasteiger partial charge < -0.3 is 9.88 Å². The second kappa shape index (κ2) is 2.83. The molecule has 1 aliphatic heterocycles. The Morgan fingerprint density at radius 2 is 2.36 bits per heavy atom. The van der Waals surface area contributed by atoms with Gasteiger partial charge in [-0.3, -0.25) is 4.99 Å². The maximum atomic E-state index is 4.25. The molecule has 14 heavy (non-hydrogen) atoms. The first-order valence-corrected chi connectivity index (χ1v) is 4.64. The normalized spacial score (nSPS) is 15.6. The molecule has 4 heteroatoms. The van der Waals surface area contributed by atoms with E-state index in [2.05, 4.69) is 19.9 Å². The Labute approximate surface area is 81.3 Å². The molecule has 1 aliphatic rings. The highest BCUT2D eigenvalue weighted by Crippen LogP contribution is 2.24. The van der Waals surface area contributed by atoms with Crippen molar-refractivity contribution in [3.63, 3.8) is 0 Å². The van der Waals surface area contributed by atoms with Crippen LogP contribution in [0.15, 0.2) is 29.5 Å². The van der Waals surface area contributed by atoms with E-state index in [9.17, 15) is 0 Å². The third-order valence-corrected chi connectivity index (χ3v) is 2.44. The molecule has 0 saturated heterocycles. The van der Waals surface area contributed by atoms with Crippen molar-refractivity contribution in [3.05, 3.63) is 24.5 Å².